The number of hydrogen-bond acceptors (Lipinski definition) is 6. The minimum atomic E-state index is -6.38. The molecular formula is C15H16F6O5S2. The van der Waals surface area contributed by atoms with Gasteiger partial charge in [0.05, 0.1) is 4.90 Å². The van der Waals surface area contributed by atoms with E-state index in [1.807, 2.05) is 0 Å². The fraction of sp³-hybridized carbons (Fsp3) is 0.600. The molecule has 0 saturated heterocycles. The highest BCUT2D eigenvalue weighted by atomic mass is 32.2. The molecule has 2 rings (SSSR count). The fourth-order valence-corrected chi connectivity index (χ4v) is 4.62. The summed E-state index contributed by atoms with van der Waals surface area (Å²) >= 11 is -1.65. The van der Waals surface area contributed by atoms with Gasteiger partial charge in [-0.2, -0.15) is 26.3 Å². The van der Waals surface area contributed by atoms with Gasteiger partial charge in [-0.15, -0.1) is 4.33 Å². The third-order valence-corrected chi connectivity index (χ3v) is 6.92. The second kappa shape index (κ2) is 8.38. The van der Waals surface area contributed by atoms with Gasteiger partial charge in [-0.05, 0) is 36.5 Å². The molecule has 0 heterocycles. The van der Waals surface area contributed by atoms with Crippen LogP contribution in [0, 0.1) is 0 Å². The standard InChI is InChI=1S/C15H16F6O5S2/c16-13(17,14(18,19)27-26-25-22)15(20,21)28(23,24)12-8-6-11(7-9-12)10-4-2-1-3-5-10/h6-10,22H,1-5H2. The summed E-state index contributed by atoms with van der Waals surface area (Å²) in [5.74, 6) is -6.30. The van der Waals surface area contributed by atoms with Gasteiger partial charge in [0, 0.05) is 0 Å². The molecule has 1 saturated carbocycles. The summed E-state index contributed by atoms with van der Waals surface area (Å²) < 4.78 is 109. The first-order valence-corrected chi connectivity index (χ1v) is 10.2. The lowest BCUT2D eigenvalue weighted by molar-refractivity contribution is -0.434. The average Bonchev–Trinajstić information content (AvgIpc) is 2.66. The van der Waals surface area contributed by atoms with E-state index < -0.39 is 43.2 Å². The minimum Gasteiger partial charge on any atom is -0.220 e. The molecule has 1 aliphatic carbocycles. The van der Waals surface area contributed by atoms with Gasteiger partial charge in [-0.1, -0.05) is 36.4 Å². The molecule has 0 bridgehead atoms. The van der Waals surface area contributed by atoms with Crippen LogP contribution in [-0.2, 0) is 19.2 Å². The molecule has 0 amide bonds. The zero-order valence-electron chi connectivity index (χ0n) is 14.1. The average molecular weight is 454 g/mol. The van der Waals surface area contributed by atoms with E-state index in [1.54, 1.807) is 0 Å². The molecule has 1 N–H and O–H groups in total. The van der Waals surface area contributed by atoms with Crippen molar-refractivity contribution in [2.45, 2.75) is 59.3 Å². The summed E-state index contributed by atoms with van der Waals surface area (Å²) in [6.45, 7) is 0. The van der Waals surface area contributed by atoms with E-state index in [0.717, 1.165) is 32.1 Å². The zero-order valence-corrected chi connectivity index (χ0v) is 15.7. The van der Waals surface area contributed by atoms with Crippen LogP contribution in [0.3, 0.4) is 0 Å². The van der Waals surface area contributed by atoms with Gasteiger partial charge >= 0.3 is 16.4 Å². The van der Waals surface area contributed by atoms with E-state index in [0.29, 0.717) is 17.7 Å². The first-order valence-electron chi connectivity index (χ1n) is 8.02. The van der Waals surface area contributed by atoms with E-state index in [2.05, 4.69) is 9.37 Å². The topological polar surface area (TPSA) is 72.8 Å². The second-order valence-corrected chi connectivity index (χ2v) is 9.05. The third kappa shape index (κ3) is 4.13. The number of alkyl halides is 6. The van der Waals surface area contributed by atoms with E-state index in [4.69, 9.17) is 5.26 Å². The van der Waals surface area contributed by atoms with Crippen LogP contribution in [0.2, 0.25) is 0 Å². The highest BCUT2D eigenvalue weighted by molar-refractivity contribution is 7.96. The van der Waals surface area contributed by atoms with E-state index in [1.165, 1.54) is 12.1 Å². The second-order valence-electron chi connectivity index (χ2n) is 6.24. The maximum absolute atomic E-state index is 14.1. The van der Waals surface area contributed by atoms with E-state index in [9.17, 15) is 34.8 Å². The Bertz CT molecular complexity index is 764. The molecule has 1 aromatic rings. The SMILES string of the molecule is O=S(=O)(c1ccc(C2CCCCC2)cc1)C(F)(F)C(F)(F)C(F)(F)SOOO. The van der Waals surface area contributed by atoms with Gasteiger partial charge < -0.3 is 0 Å². The first-order chi connectivity index (χ1) is 12.9. The van der Waals surface area contributed by atoms with E-state index in [-0.39, 0.29) is 5.92 Å². The molecule has 0 atom stereocenters. The number of halogens is 6. The van der Waals surface area contributed by atoms with Crippen molar-refractivity contribution >= 4 is 21.9 Å². The zero-order chi connectivity index (χ0) is 21.2. The normalized spacial score (nSPS) is 17.7. The van der Waals surface area contributed by atoms with Gasteiger partial charge in [0.1, 0.15) is 12.0 Å². The Morgan fingerprint density at radius 1 is 0.964 bits per heavy atom. The number of sulfone groups is 1. The molecule has 1 aliphatic rings. The maximum atomic E-state index is 14.1. The lowest BCUT2D eigenvalue weighted by Gasteiger charge is -2.30. The molecule has 0 spiro atoms. The highest BCUT2D eigenvalue weighted by Gasteiger charge is 2.78. The van der Waals surface area contributed by atoms with Crippen molar-refractivity contribution in [1.29, 1.82) is 0 Å². The molecule has 160 valence electrons. The predicted molar refractivity (Wildman–Crippen MR) is 86.7 cm³/mol. The Kier molecular flexibility index (Phi) is 6.96. The summed E-state index contributed by atoms with van der Waals surface area (Å²) in [5, 5.41) is -1.50. The number of rotatable bonds is 8. The lowest BCUT2D eigenvalue weighted by Crippen LogP contribution is -2.56. The number of benzene rings is 1. The molecule has 13 heteroatoms. The van der Waals surface area contributed by atoms with Gasteiger partial charge in [-0.3, -0.25) is 0 Å². The Morgan fingerprint density at radius 2 is 1.50 bits per heavy atom. The van der Waals surface area contributed by atoms with Crippen LogP contribution in [0.5, 0.6) is 0 Å². The van der Waals surface area contributed by atoms with Crippen molar-refractivity contribution < 1.29 is 49.4 Å². The van der Waals surface area contributed by atoms with Crippen LogP contribution in [0.15, 0.2) is 29.2 Å². The summed E-state index contributed by atoms with van der Waals surface area (Å²) in [6.07, 6.45) is 4.57. The summed E-state index contributed by atoms with van der Waals surface area (Å²) in [6, 6.07) is 3.82. The van der Waals surface area contributed by atoms with Crippen molar-refractivity contribution in [2.75, 3.05) is 0 Å². The molecular weight excluding hydrogens is 438 g/mol. The Morgan fingerprint density at radius 3 is 2.00 bits per heavy atom. The van der Waals surface area contributed by atoms with Gasteiger partial charge in [0.25, 0.3) is 0 Å². The van der Waals surface area contributed by atoms with Crippen molar-refractivity contribution in [1.82, 2.24) is 0 Å². The quantitative estimate of drug-likeness (QED) is 0.246. The highest BCUT2D eigenvalue weighted by Crippen LogP contribution is 2.54. The predicted octanol–water partition coefficient (Wildman–Crippen LogP) is 5.40. The van der Waals surface area contributed by atoms with Crippen LogP contribution >= 0.6 is 12.0 Å². The fourth-order valence-electron chi connectivity index (χ4n) is 2.95. The van der Waals surface area contributed by atoms with Crippen molar-refractivity contribution in [3.8, 4) is 0 Å². The van der Waals surface area contributed by atoms with Crippen molar-refractivity contribution in [3.63, 3.8) is 0 Å². The molecule has 0 aliphatic heterocycles. The molecule has 5 nitrogen and oxygen atoms in total. The molecule has 0 unspecified atom stereocenters. The summed E-state index contributed by atoms with van der Waals surface area (Å²) in [4.78, 5) is -1.23. The minimum absolute atomic E-state index is 0.0869. The number of hydrogen-bond donors (Lipinski definition) is 1. The molecule has 0 aromatic heterocycles. The smallest absolute Gasteiger partial charge is 0.220 e. The summed E-state index contributed by atoms with van der Waals surface area (Å²) in [7, 11) is -6.19. The first kappa shape index (κ1) is 23.3. The Hall–Kier alpha value is -1.02. The monoisotopic (exact) mass is 454 g/mol. The van der Waals surface area contributed by atoms with Crippen LogP contribution in [0.4, 0.5) is 26.3 Å². The molecule has 0 radical (unpaired) electrons. The molecule has 1 aromatic carbocycles. The van der Waals surface area contributed by atoms with Crippen molar-refractivity contribution in [3.05, 3.63) is 29.8 Å². The Labute approximate surface area is 161 Å². The molecule has 1 fully saturated rings. The van der Waals surface area contributed by atoms with Gasteiger partial charge in [-0.25, -0.2) is 13.7 Å². The van der Waals surface area contributed by atoms with Crippen molar-refractivity contribution in [2.24, 2.45) is 0 Å². The van der Waals surface area contributed by atoms with Crippen LogP contribution in [-0.4, -0.2) is 30.1 Å². The van der Waals surface area contributed by atoms with E-state index >= 15 is 0 Å². The van der Waals surface area contributed by atoms with Crippen LogP contribution < -0.4 is 0 Å². The van der Waals surface area contributed by atoms with Gasteiger partial charge in [0.2, 0.25) is 9.84 Å². The molecule has 28 heavy (non-hydrogen) atoms. The third-order valence-electron chi connectivity index (χ3n) is 4.50. The van der Waals surface area contributed by atoms with Crippen LogP contribution in [0.25, 0.3) is 0 Å². The Balaban J connectivity index is 2.33. The van der Waals surface area contributed by atoms with Crippen LogP contribution in [0.1, 0.15) is 43.6 Å². The largest absolute Gasteiger partial charge is 0.418 e. The van der Waals surface area contributed by atoms with Gasteiger partial charge in [0.15, 0.2) is 0 Å². The summed E-state index contributed by atoms with van der Waals surface area (Å²) in [5.41, 5.74) is 0.656. The lowest BCUT2D eigenvalue weighted by atomic mass is 9.84. The maximum Gasteiger partial charge on any atom is 0.418 e.